The minimum absolute atomic E-state index is 0.368. The monoisotopic (exact) mass is 299 g/mol. The molecule has 19 heavy (non-hydrogen) atoms. The summed E-state index contributed by atoms with van der Waals surface area (Å²) < 4.78 is 40.0. The molecule has 0 fully saturated rings. The van der Waals surface area contributed by atoms with Gasteiger partial charge in [-0.1, -0.05) is 23.7 Å². The molecular weight excluding hydrogens is 289 g/mol. The molecule has 0 aliphatic rings. The fraction of sp³-hybridized carbons (Fsp3) is 0.0769. The fourth-order valence-electron chi connectivity index (χ4n) is 1.60. The smallest absolute Gasteiger partial charge is 0.264 e. The SMILES string of the molecule is Cc1cc(Cl)ccc1NS(=O)(=O)c1ccccc1F. The lowest BCUT2D eigenvalue weighted by atomic mass is 10.2. The van der Waals surface area contributed by atoms with Crippen LogP contribution in [0.3, 0.4) is 0 Å². The van der Waals surface area contributed by atoms with Crippen molar-refractivity contribution in [2.75, 3.05) is 4.72 Å². The third kappa shape index (κ3) is 3.05. The van der Waals surface area contributed by atoms with E-state index in [1.54, 1.807) is 19.1 Å². The summed E-state index contributed by atoms with van der Waals surface area (Å²) in [6.45, 7) is 1.71. The van der Waals surface area contributed by atoms with Crippen molar-refractivity contribution in [1.29, 1.82) is 0 Å². The Labute approximate surface area is 116 Å². The molecule has 0 aliphatic carbocycles. The van der Waals surface area contributed by atoms with Gasteiger partial charge in [0.1, 0.15) is 10.7 Å². The Morgan fingerprint density at radius 2 is 1.84 bits per heavy atom. The second kappa shape index (κ2) is 5.19. The van der Waals surface area contributed by atoms with Gasteiger partial charge in [-0.05, 0) is 42.8 Å². The van der Waals surface area contributed by atoms with E-state index in [2.05, 4.69) is 4.72 Å². The molecular formula is C13H11ClFNO2S. The van der Waals surface area contributed by atoms with Crippen LogP contribution in [0.25, 0.3) is 0 Å². The minimum atomic E-state index is -3.95. The highest BCUT2D eigenvalue weighted by Gasteiger charge is 2.19. The molecule has 2 aromatic rings. The molecule has 1 N–H and O–H groups in total. The summed E-state index contributed by atoms with van der Waals surface area (Å²) in [5, 5.41) is 0.506. The van der Waals surface area contributed by atoms with Gasteiger partial charge < -0.3 is 0 Å². The Balaban J connectivity index is 2.40. The van der Waals surface area contributed by atoms with Gasteiger partial charge >= 0.3 is 0 Å². The molecule has 3 nitrogen and oxygen atoms in total. The van der Waals surface area contributed by atoms with E-state index in [4.69, 9.17) is 11.6 Å². The van der Waals surface area contributed by atoms with Crippen molar-refractivity contribution in [3.8, 4) is 0 Å². The van der Waals surface area contributed by atoms with Crippen molar-refractivity contribution in [3.05, 3.63) is 58.9 Å². The lowest BCUT2D eigenvalue weighted by Crippen LogP contribution is -2.15. The first-order valence-corrected chi connectivity index (χ1v) is 7.30. The van der Waals surface area contributed by atoms with Crippen LogP contribution in [0.1, 0.15) is 5.56 Å². The van der Waals surface area contributed by atoms with Gasteiger partial charge in [0.15, 0.2) is 0 Å². The molecule has 0 bridgehead atoms. The summed E-state index contributed by atoms with van der Waals surface area (Å²) in [4.78, 5) is -0.385. The highest BCUT2D eigenvalue weighted by Crippen LogP contribution is 2.23. The average Bonchev–Trinajstić information content (AvgIpc) is 2.33. The van der Waals surface area contributed by atoms with E-state index in [9.17, 15) is 12.8 Å². The Bertz CT molecular complexity index is 716. The van der Waals surface area contributed by atoms with Crippen LogP contribution in [0, 0.1) is 12.7 Å². The zero-order valence-corrected chi connectivity index (χ0v) is 11.6. The minimum Gasteiger partial charge on any atom is -0.279 e. The Kier molecular flexibility index (Phi) is 3.78. The lowest BCUT2D eigenvalue weighted by molar-refractivity contribution is 0.570. The lowest BCUT2D eigenvalue weighted by Gasteiger charge is -2.11. The number of rotatable bonds is 3. The number of aryl methyl sites for hydroxylation is 1. The normalized spacial score (nSPS) is 11.3. The molecule has 100 valence electrons. The fourth-order valence-corrected chi connectivity index (χ4v) is 3.04. The Morgan fingerprint density at radius 1 is 1.16 bits per heavy atom. The van der Waals surface area contributed by atoms with E-state index in [-0.39, 0.29) is 4.90 Å². The van der Waals surface area contributed by atoms with Crippen LogP contribution in [0.4, 0.5) is 10.1 Å². The van der Waals surface area contributed by atoms with Crippen molar-refractivity contribution in [2.45, 2.75) is 11.8 Å². The summed E-state index contributed by atoms with van der Waals surface area (Å²) >= 11 is 5.79. The van der Waals surface area contributed by atoms with Crippen molar-refractivity contribution in [2.24, 2.45) is 0 Å². The number of halogens is 2. The van der Waals surface area contributed by atoms with Gasteiger partial charge in [-0.3, -0.25) is 4.72 Å². The van der Waals surface area contributed by atoms with Crippen LogP contribution in [0.15, 0.2) is 47.4 Å². The predicted molar refractivity (Wildman–Crippen MR) is 73.4 cm³/mol. The molecule has 0 saturated carbocycles. The average molecular weight is 300 g/mol. The third-order valence-electron chi connectivity index (χ3n) is 2.56. The molecule has 0 spiro atoms. The molecule has 2 aromatic carbocycles. The third-order valence-corrected chi connectivity index (χ3v) is 4.19. The second-order valence-electron chi connectivity index (χ2n) is 4.00. The number of hydrogen-bond acceptors (Lipinski definition) is 2. The van der Waals surface area contributed by atoms with E-state index in [0.717, 1.165) is 6.07 Å². The molecule has 0 heterocycles. The van der Waals surface area contributed by atoms with Gasteiger partial charge in [0.25, 0.3) is 10.0 Å². The second-order valence-corrected chi connectivity index (χ2v) is 6.08. The van der Waals surface area contributed by atoms with E-state index in [1.165, 1.54) is 24.3 Å². The number of hydrogen-bond donors (Lipinski definition) is 1. The van der Waals surface area contributed by atoms with E-state index in [1.807, 2.05) is 0 Å². The molecule has 0 radical (unpaired) electrons. The maximum atomic E-state index is 13.5. The molecule has 2 rings (SSSR count). The van der Waals surface area contributed by atoms with Gasteiger partial charge in [-0.25, -0.2) is 12.8 Å². The molecule has 0 unspecified atom stereocenters. The highest BCUT2D eigenvalue weighted by molar-refractivity contribution is 7.92. The van der Waals surface area contributed by atoms with E-state index >= 15 is 0 Å². The Hall–Kier alpha value is -1.59. The molecule has 0 aromatic heterocycles. The van der Waals surface area contributed by atoms with E-state index in [0.29, 0.717) is 16.3 Å². The highest BCUT2D eigenvalue weighted by atomic mass is 35.5. The predicted octanol–water partition coefficient (Wildman–Crippen LogP) is 3.59. The van der Waals surface area contributed by atoms with Gasteiger partial charge in [-0.15, -0.1) is 0 Å². The summed E-state index contributed by atoms with van der Waals surface area (Å²) in [5.41, 5.74) is 1.03. The molecule has 0 aliphatic heterocycles. The molecule has 0 atom stereocenters. The van der Waals surface area contributed by atoms with Crippen molar-refractivity contribution < 1.29 is 12.8 Å². The van der Waals surface area contributed by atoms with Crippen LogP contribution < -0.4 is 4.72 Å². The van der Waals surface area contributed by atoms with Crippen molar-refractivity contribution >= 4 is 27.3 Å². The van der Waals surface area contributed by atoms with Gasteiger partial charge in [0.05, 0.1) is 5.69 Å². The first kappa shape index (κ1) is 13.8. The van der Waals surface area contributed by atoms with E-state index < -0.39 is 15.8 Å². The first-order chi connectivity index (χ1) is 8.90. The number of benzene rings is 2. The molecule has 0 saturated heterocycles. The first-order valence-electron chi connectivity index (χ1n) is 5.43. The molecule has 6 heteroatoms. The van der Waals surface area contributed by atoms with Gasteiger partial charge in [0.2, 0.25) is 0 Å². The maximum Gasteiger partial charge on any atom is 0.264 e. The molecule has 0 amide bonds. The maximum absolute atomic E-state index is 13.5. The summed E-state index contributed by atoms with van der Waals surface area (Å²) in [5.74, 6) is -0.790. The van der Waals surface area contributed by atoms with Crippen LogP contribution in [-0.4, -0.2) is 8.42 Å². The van der Waals surface area contributed by atoms with Crippen LogP contribution >= 0.6 is 11.6 Å². The van der Waals surface area contributed by atoms with Gasteiger partial charge in [0, 0.05) is 5.02 Å². The number of anilines is 1. The summed E-state index contributed by atoms with van der Waals surface area (Å²) in [6.07, 6.45) is 0. The summed E-state index contributed by atoms with van der Waals surface area (Å²) in [6, 6.07) is 9.94. The van der Waals surface area contributed by atoms with Crippen LogP contribution in [-0.2, 0) is 10.0 Å². The number of sulfonamides is 1. The topological polar surface area (TPSA) is 46.2 Å². The summed E-state index contributed by atoms with van der Waals surface area (Å²) in [7, 11) is -3.95. The Morgan fingerprint density at radius 3 is 2.47 bits per heavy atom. The van der Waals surface area contributed by atoms with Crippen LogP contribution in [0.2, 0.25) is 5.02 Å². The zero-order valence-electron chi connectivity index (χ0n) is 10.0. The quantitative estimate of drug-likeness (QED) is 0.941. The van der Waals surface area contributed by atoms with Crippen LogP contribution in [0.5, 0.6) is 0 Å². The van der Waals surface area contributed by atoms with Crippen molar-refractivity contribution in [3.63, 3.8) is 0 Å². The number of nitrogens with one attached hydrogen (secondary N) is 1. The largest absolute Gasteiger partial charge is 0.279 e. The van der Waals surface area contributed by atoms with Gasteiger partial charge in [-0.2, -0.15) is 0 Å². The zero-order chi connectivity index (χ0) is 14.0. The standard InChI is InChI=1S/C13H11ClFNO2S/c1-9-8-10(14)6-7-12(9)16-19(17,18)13-5-3-2-4-11(13)15/h2-8,16H,1H3. The van der Waals surface area contributed by atoms with Crippen molar-refractivity contribution in [1.82, 2.24) is 0 Å².